The molecule has 1 amide bonds. The lowest BCUT2D eigenvalue weighted by Gasteiger charge is -2.17. The van der Waals surface area contributed by atoms with E-state index in [-0.39, 0.29) is 5.91 Å². The van der Waals surface area contributed by atoms with E-state index in [2.05, 4.69) is 10.3 Å². The van der Waals surface area contributed by atoms with Gasteiger partial charge in [0.1, 0.15) is 5.69 Å². The molecule has 0 fully saturated rings. The summed E-state index contributed by atoms with van der Waals surface area (Å²) >= 11 is 0. The van der Waals surface area contributed by atoms with Crippen molar-refractivity contribution >= 4 is 17.9 Å². The number of pyridine rings is 1. The number of hydrogen-bond acceptors (Lipinski definition) is 3. The quantitative estimate of drug-likeness (QED) is 0.751. The largest absolute Gasteiger partial charge is 0.326 e. The Morgan fingerprint density at radius 2 is 2.13 bits per heavy atom. The number of aromatic nitrogens is 1. The number of rotatable bonds is 2. The zero-order valence-corrected chi connectivity index (χ0v) is 9.07. The fourth-order valence-corrected chi connectivity index (χ4v) is 0.909. The minimum Gasteiger partial charge on any atom is -0.326 e. The van der Waals surface area contributed by atoms with Gasteiger partial charge in [0.15, 0.2) is 6.29 Å². The molecule has 0 radical (unpaired) electrons. The topological polar surface area (TPSA) is 59.1 Å². The molecule has 0 aliphatic rings. The molecule has 1 rings (SSSR count). The maximum atomic E-state index is 11.6. The lowest BCUT2D eigenvalue weighted by atomic mass is 9.95. The summed E-state index contributed by atoms with van der Waals surface area (Å²) in [6, 6.07) is 3.19. The van der Waals surface area contributed by atoms with Gasteiger partial charge in [-0.05, 0) is 12.1 Å². The fraction of sp³-hybridized carbons (Fsp3) is 0.364. The van der Waals surface area contributed by atoms with Gasteiger partial charge >= 0.3 is 0 Å². The van der Waals surface area contributed by atoms with Gasteiger partial charge in [-0.25, -0.2) is 0 Å². The molecule has 0 aliphatic carbocycles. The van der Waals surface area contributed by atoms with E-state index >= 15 is 0 Å². The van der Waals surface area contributed by atoms with Gasteiger partial charge in [0, 0.05) is 17.3 Å². The molecular weight excluding hydrogens is 192 g/mol. The molecule has 1 aromatic rings. The van der Waals surface area contributed by atoms with Gasteiger partial charge in [0.25, 0.3) is 0 Å². The molecule has 4 heteroatoms. The van der Waals surface area contributed by atoms with Crippen LogP contribution in [0.1, 0.15) is 31.3 Å². The molecule has 1 aromatic heterocycles. The Kier molecular flexibility index (Phi) is 3.19. The monoisotopic (exact) mass is 206 g/mol. The summed E-state index contributed by atoms with van der Waals surface area (Å²) in [7, 11) is 0. The second kappa shape index (κ2) is 4.21. The second-order valence-electron chi connectivity index (χ2n) is 4.29. The highest BCUT2D eigenvalue weighted by Gasteiger charge is 2.21. The molecule has 1 N–H and O–H groups in total. The van der Waals surface area contributed by atoms with Crippen molar-refractivity contribution < 1.29 is 9.59 Å². The third kappa shape index (κ3) is 3.16. The van der Waals surface area contributed by atoms with Crippen LogP contribution < -0.4 is 5.32 Å². The third-order valence-corrected chi connectivity index (χ3v) is 1.84. The SMILES string of the molecule is CC(C)(C)C(=O)Nc1ccnc(C=O)c1. The van der Waals surface area contributed by atoms with E-state index in [1.807, 2.05) is 20.8 Å². The summed E-state index contributed by atoms with van der Waals surface area (Å²) < 4.78 is 0. The van der Waals surface area contributed by atoms with Crippen LogP contribution >= 0.6 is 0 Å². The van der Waals surface area contributed by atoms with Crippen LogP contribution in [0.3, 0.4) is 0 Å². The van der Waals surface area contributed by atoms with E-state index in [4.69, 9.17) is 0 Å². The first kappa shape index (κ1) is 11.4. The van der Waals surface area contributed by atoms with E-state index < -0.39 is 5.41 Å². The first-order valence-electron chi connectivity index (χ1n) is 4.66. The molecule has 1 heterocycles. The first-order chi connectivity index (χ1) is 6.93. The van der Waals surface area contributed by atoms with Crippen LogP contribution in [0, 0.1) is 5.41 Å². The minimum atomic E-state index is -0.454. The molecule has 0 aliphatic heterocycles. The molecular formula is C11H14N2O2. The molecule has 0 spiro atoms. The summed E-state index contributed by atoms with van der Waals surface area (Å²) in [6.07, 6.45) is 2.13. The summed E-state index contributed by atoms with van der Waals surface area (Å²) in [5.41, 5.74) is 0.443. The van der Waals surface area contributed by atoms with Crippen molar-refractivity contribution in [3.8, 4) is 0 Å². The number of hydrogen-bond donors (Lipinski definition) is 1. The lowest BCUT2D eigenvalue weighted by Crippen LogP contribution is -2.27. The molecule has 0 bridgehead atoms. The first-order valence-corrected chi connectivity index (χ1v) is 4.66. The Bertz CT molecular complexity index is 380. The van der Waals surface area contributed by atoms with Crippen LogP contribution in [-0.2, 0) is 4.79 Å². The number of amides is 1. The zero-order valence-electron chi connectivity index (χ0n) is 9.07. The summed E-state index contributed by atoms with van der Waals surface area (Å²) in [5, 5.41) is 2.72. The zero-order chi connectivity index (χ0) is 11.5. The molecule has 0 unspecified atom stereocenters. The molecule has 15 heavy (non-hydrogen) atoms. The third-order valence-electron chi connectivity index (χ3n) is 1.84. The van der Waals surface area contributed by atoms with Gasteiger partial charge in [-0.3, -0.25) is 14.6 Å². The number of nitrogens with one attached hydrogen (secondary N) is 1. The number of aldehydes is 1. The smallest absolute Gasteiger partial charge is 0.229 e. The number of nitrogens with zero attached hydrogens (tertiary/aromatic N) is 1. The van der Waals surface area contributed by atoms with Crippen molar-refractivity contribution in [3.63, 3.8) is 0 Å². The molecule has 0 saturated carbocycles. The van der Waals surface area contributed by atoms with Gasteiger partial charge in [-0.2, -0.15) is 0 Å². The van der Waals surface area contributed by atoms with E-state index in [9.17, 15) is 9.59 Å². The molecule has 0 saturated heterocycles. The van der Waals surface area contributed by atoms with Gasteiger partial charge < -0.3 is 5.32 Å². The van der Waals surface area contributed by atoms with Crippen molar-refractivity contribution in [2.45, 2.75) is 20.8 Å². The predicted octanol–water partition coefficient (Wildman–Crippen LogP) is 1.88. The highest BCUT2D eigenvalue weighted by molar-refractivity contribution is 5.94. The van der Waals surface area contributed by atoms with Gasteiger partial charge in [0.2, 0.25) is 5.91 Å². The molecule has 0 atom stereocenters. The van der Waals surface area contributed by atoms with Crippen LogP contribution in [0.15, 0.2) is 18.3 Å². The average molecular weight is 206 g/mol. The molecule has 4 nitrogen and oxygen atoms in total. The van der Waals surface area contributed by atoms with E-state index in [1.54, 1.807) is 6.07 Å². The van der Waals surface area contributed by atoms with Crippen molar-refractivity contribution in [2.24, 2.45) is 5.41 Å². The number of carbonyl (C=O) groups is 2. The van der Waals surface area contributed by atoms with Crippen molar-refractivity contribution in [3.05, 3.63) is 24.0 Å². The summed E-state index contributed by atoms with van der Waals surface area (Å²) in [6.45, 7) is 5.47. The normalized spacial score (nSPS) is 10.9. The predicted molar refractivity (Wildman–Crippen MR) is 57.7 cm³/mol. The van der Waals surface area contributed by atoms with Crippen LogP contribution in [0.25, 0.3) is 0 Å². The summed E-state index contributed by atoms with van der Waals surface area (Å²) in [4.78, 5) is 25.9. The Hall–Kier alpha value is -1.71. The van der Waals surface area contributed by atoms with E-state index in [0.717, 1.165) is 0 Å². The van der Waals surface area contributed by atoms with Gasteiger partial charge in [0.05, 0.1) is 0 Å². The maximum absolute atomic E-state index is 11.6. The second-order valence-corrected chi connectivity index (χ2v) is 4.29. The molecule has 80 valence electrons. The van der Waals surface area contributed by atoms with Crippen molar-refractivity contribution in [1.29, 1.82) is 0 Å². The van der Waals surface area contributed by atoms with Crippen LogP contribution in [-0.4, -0.2) is 17.2 Å². The number of carbonyl (C=O) groups excluding carboxylic acids is 2. The van der Waals surface area contributed by atoms with Crippen LogP contribution in [0.4, 0.5) is 5.69 Å². The van der Waals surface area contributed by atoms with Crippen LogP contribution in [0.2, 0.25) is 0 Å². The maximum Gasteiger partial charge on any atom is 0.229 e. The van der Waals surface area contributed by atoms with E-state index in [0.29, 0.717) is 17.7 Å². The lowest BCUT2D eigenvalue weighted by molar-refractivity contribution is -0.123. The Labute approximate surface area is 88.7 Å². The highest BCUT2D eigenvalue weighted by atomic mass is 16.2. The Morgan fingerprint density at radius 3 is 2.67 bits per heavy atom. The highest BCUT2D eigenvalue weighted by Crippen LogP contribution is 2.17. The summed E-state index contributed by atoms with van der Waals surface area (Å²) in [5.74, 6) is -0.0921. The van der Waals surface area contributed by atoms with Crippen molar-refractivity contribution in [1.82, 2.24) is 4.98 Å². The van der Waals surface area contributed by atoms with Crippen LogP contribution in [0.5, 0.6) is 0 Å². The fourth-order valence-electron chi connectivity index (χ4n) is 0.909. The Balaban J connectivity index is 2.81. The Morgan fingerprint density at radius 1 is 1.47 bits per heavy atom. The van der Waals surface area contributed by atoms with Gasteiger partial charge in [-0.1, -0.05) is 20.8 Å². The van der Waals surface area contributed by atoms with Crippen molar-refractivity contribution in [2.75, 3.05) is 5.32 Å². The standard InChI is InChI=1S/C11H14N2O2/c1-11(2,3)10(15)13-8-4-5-12-9(6-8)7-14/h4-7H,1-3H3,(H,12,13,15). The van der Waals surface area contributed by atoms with Gasteiger partial charge in [-0.15, -0.1) is 0 Å². The van der Waals surface area contributed by atoms with E-state index in [1.165, 1.54) is 12.3 Å². The molecule has 0 aromatic carbocycles. The average Bonchev–Trinajstić information content (AvgIpc) is 2.16. The minimum absolute atomic E-state index is 0.0921. The number of anilines is 1.